The minimum Gasteiger partial charge on any atom is -0.435 e. The summed E-state index contributed by atoms with van der Waals surface area (Å²) in [6.45, 7) is 3.25. The maximum Gasteiger partial charge on any atom is 0.387 e. The van der Waals surface area contributed by atoms with Crippen LogP contribution in [-0.4, -0.2) is 29.9 Å². The lowest BCUT2D eigenvalue weighted by Crippen LogP contribution is -2.41. The molecule has 1 fully saturated rings. The molecule has 1 N–H and O–H groups in total. The Hall–Kier alpha value is -2.65. The van der Waals surface area contributed by atoms with Crippen molar-refractivity contribution < 1.29 is 27.3 Å². The van der Waals surface area contributed by atoms with Crippen LogP contribution in [0.3, 0.4) is 0 Å². The predicted molar refractivity (Wildman–Crippen MR) is 118 cm³/mol. The summed E-state index contributed by atoms with van der Waals surface area (Å²) in [5.41, 5.74) is 1.35. The standard InChI is InChI=1S/C23H24F2N2O4S/c1-4-22(2)17-12-14(19(28)26-23(3)10-11-30-32-23)8-9-18(17)27(20(22)29)15-6-5-7-16(13-15)31-21(24)25/h5-9,12-13,21H,4,10-11H2,1-3H3,(H,26,28). The number of hydrogen-bond donors (Lipinski definition) is 1. The highest BCUT2D eigenvalue weighted by Crippen LogP contribution is 2.48. The van der Waals surface area contributed by atoms with Crippen LogP contribution in [0.5, 0.6) is 5.75 Å². The van der Waals surface area contributed by atoms with Crippen LogP contribution in [0.15, 0.2) is 42.5 Å². The Kier molecular flexibility index (Phi) is 5.89. The van der Waals surface area contributed by atoms with Gasteiger partial charge in [-0.15, -0.1) is 0 Å². The first-order valence-corrected chi connectivity index (χ1v) is 11.1. The van der Waals surface area contributed by atoms with Gasteiger partial charge in [0.25, 0.3) is 5.91 Å². The lowest BCUT2D eigenvalue weighted by atomic mass is 9.80. The second-order valence-electron chi connectivity index (χ2n) is 8.27. The number of rotatable bonds is 6. The van der Waals surface area contributed by atoms with Crippen LogP contribution < -0.4 is 15.0 Å². The molecule has 2 amide bonds. The fraction of sp³-hybridized carbons (Fsp3) is 0.391. The highest BCUT2D eigenvalue weighted by molar-refractivity contribution is 7.96. The average molecular weight is 463 g/mol. The van der Waals surface area contributed by atoms with Gasteiger partial charge in [-0.2, -0.15) is 8.78 Å². The van der Waals surface area contributed by atoms with Crippen LogP contribution in [0.25, 0.3) is 0 Å². The Morgan fingerprint density at radius 3 is 2.72 bits per heavy atom. The number of amides is 2. The van der Waals surface area contributed by atoms with Crippen molar-refractivity contribution in [1.29, 1.82) is 0 Å². The van der Waals surface area contributed by atoms with Gasteiger partial charge < -0.3 is 14.2 Å². The van der Waals surface area contributed by atoms with E-state index in [1.807, 2.05) is 20.8 Å². The number of nitrogens with one attached hydrogen (secondary N) is 1. The van der Waals surface area contributed by atoms with E-state index in [-0.39, 0.29) is 17.6 Å². The van der Waals surface area contributed by atoms with Gasteiger partial charge >= 0.3 is 6.61 Å². The van der Waals surface area contributed by atoms with Crippen LogP contribution >= 0.6 is 12.0 Å². The molecule has 170 valence electrons. The number of ether oxygens (including phenoxy) is 1. The van der Waals surface area contributed by atoms with Crippen molar-refractivity contribution in [2.24, 2.45) is 0 Å². The van der Waals surface area contributed by atoms with Gasteiger partial charge in [0.1, 0.15) is 10.6 Å². The van der Waals surface area contributed by atoms with Crippen molar-refractivity contribution >= 4 is 35.2 Å². The number of carbonyl (C=O) groups is 2. The number of fused-ring (bicyclic) bond motifs is 1. The van der Waals surface area contributed by atoms with Gasteiger partial charge in [0.2, 0.25) is 5.91 Å². The first kappa shape index (κ1) is 22.5. The summed E-state index contributed by atoms with van der Waals surface area (Å²) in [6, 6.07) is 11.2. The number of alkyl halides is 2. The SMILES string of the molecule is CCC1(C)C(=O)N(c2cccc(OC(F)F)c2)c2ccc(C(=O)NC3(C)CCOS3)cc21. The topological polar surface area (TPSA) is 67.9 Å². The zero-order valence-corrected chi connectivity index (χ0v) is 18.8. The number of carbonyl (C=O) groups excluding carboxylic acids is 2. The van der Waals surface area contributed by atoms with Crippen molar-refractivity contribution in [1.82, 2.24) is 5.32 Å². The fourth-order valence-electron chi connectivity index (χ4n) is 4.03. The van der Waals surface area contributed by atoms with Gasteiger partial charge in [-0.1, -0.05) is 13.0 Å². The quantitative estimate of drug-likeness (QED) is 0.602. The first-order valence-electron chi connectivity index (χ1n) is 10.3. The number of halogens is 2. The Morgan fingerprint density at radius 2 is 2.06 bits per heavy atom. The van der Waals surface area contributed by atoms with E-state index >= 15 is 0 Å². The fourth-order valence-corrected chi connectivity index (χ4v) is 4.76. The average Bonchev–Trinajstić information content (AvgIpc) is 3.27. The van der Waals surface area contributed by atoms with Gasteiger partial charge in [0, 0.05) is 30.1 Å². The van der Waals surface area contributed by atoms with Crippen LogP contribution in [0.2, 0.25) is 0 Å². The molecule has 2 unspecified atom stereocenters. The molecule has 2 aliphatic rings. The minimum absolute atomic E-state index is 0.0301. The number of anilines is 2. The first-order chi connectivity index (χ1) is 15.2. The van der Waals surface area contributed by atoms with Crippen molar-refractivity contribution in [2.45, 2.75) is 50.5 Å². The van der Waals surface area contributed by atoms with E-state index in [0.29, 0.717) is 36.4 Å². The summed E-state index contributed by atoms with van der Waals surface area (Å²) >= 11 is 1.24. The summed E-state index contributed by atoms with van der Waals surface area (Å²) in [4.78, 5) is 27.4. The van der Waals surface area contributed by atoms with Crippen LogP contribution in [-0.2, 0) is 14.4 Å². The number of benzene rings is 2. The van der Waals surface area contributed by atoms with Crippen LogP contribution in [0, 0.1) is 0 Å². The summed E-state index contributed by atoms with van der Waals surface area (Å²) in [5.74, 6) is -0.462. The second kappa shape index (κ2) is 8.37. The molecule has 6 nitrogen and oxygen atoms in total. The third kappa shape index (κ3) is 3.95. The zero-order chi connectivity index (χ0) is 23.1. The highest BCUT2D eigenvalue weighted by Gasteiger charge is 2.47. The molecule has 2 aliphatic heterocycles. The molecular weight excluding hydrogens is 438 g/mol. The maximum atomic E-state index is 13.5. The Balaban J connectivity index is 1.71. The van der Waals surface area contributed by atoms with E-state index in [1.165, 1.54) is 29.1 Å². The van der Waals surface area contributed by atoms with Crippen LogP contribution in [0.1, 0.15) is 49.5 Å². The Morgan fingerprint density at radius 1 is 1.28 bits per heavy atom. The van der Waals surface area contributed by atoms with Crippen molar-refractivity contribution in [2.75, 3.05) is 11.5 Å². The van der Waals surface area contributed by atoms with E-state index in [1.54, 1.807) is 30.3 Å². The van der Waals surface area contributed by atoms with E-state index in [9.17, 15) is 18.4 Å². The van der Waals surface area contributed by atoms with E-state index in [4.69, 9.17) is 4.18 Å². The van der Waals surface area contributed by atoms with Gasteiger partial charge in [-0.05, 0) is 56.2 Å². The van der Waals surface area contributed by atoms with Gasteiger partial charge in [0.05, 0.1) is 23.4 Å². The number of nitrogens with zero attached hydrogens (tertiary/aromatic N) is 1. The maximum absolute atomic E-state index is 13.5. The molecule has 0 aromatic heterocycles. The molecule has 2 atom stereocenters. The van der Waals surface area contributed by atoms with Crippen molar-refractivity contribution in [3.8, 4) is 5.75 Å². The molecule has 32 heavy (non-hydrogen) atoms. The van der Waals surface area contributed by atoms with Gasteiger partial charge in [-0.3, -0.25) is 14.5 Å². The van der Waals surface area contributed by atoms with E-state index in [0.717, 1.165) is 5.56 Å². The molecular formula is C23H24F2N2O4S. The summed E-state index contributed by atoms with van der Waals surface area (Å²) in [5, 5.41) is 3.00. The molecule has 4 rings (SSSR count). The molecule has 2 aromatic carbocycles. The normalized spacial score (nSPS) is 24.7. The molecule has 9 heteroatoms. The lowest BCUT2D eigenvalue weighted by Gasteiger charge is -2.23. The molecule has 0 radical (unpaired) electrons. The summed E-state index contributed by atoms with van der Waals surface area (Å²) in [6.07, 6.45) is 1.21. The molecule has 0 bridgehead atoms. The molecule has 0 aliphatic carbocycles. The zero-order valence-electron chi connectivity index (χ0n) is 18.0. The van der Waals surface area contributed by atoms with Crippen molar-refractivity contribution in [3.05, 3.63) is 53.6 Å². The highest BCUT2D eigenvalue weighted by atomic mass is 32.2. The van der Waals surface area contributed by atoms with Gasteiger partial charge in [-0.25, -0.2) is 0 Å². The molecule has 0 spiro atoms. The number of hydrogen-bond acceptors (Lipinski definition) is 5. The van der Waals surface area contributed by atoms with E-state index in [2.05, 4.69) is 10.1 Å². The lowest BCUT2D eigenvalue weighted by molar-refractivity contribution is -0.122. The molecule has 1 saturated heterocycles. The second-order valence-corrected chi connectivity index (χ2v) is 9.58. The molecule has 0 saturated carbocycles. The summed E-state index contributed by atoms with van der Waals surface area (Å²) < 4.78 is 35.2. The monoisotopic (exact) mass is 462 g/mol. The molecule has 2 aromatic rings. The largest absolute Gasteiger partial charge is 0.435 e. The summed E-state index contributed by atoms with van der Waals surface area (Å²) in [7, 11) is 0. The van der Waals surface area contributed by atoms with Crippen molar-refractivity contribution in [3.63, 3.8) is 0 Å². The van der Waals surface area contributed by atoms with Gasteiger partial charge in [0.15, 0.2) is 0 Å². The third-order valence-corrected chi connectivity index (χ3v) is 7.02. The minimum atomic E-state index is -2.96. The Bertz CT molecular complexity index is 1060. The van der Waals surface area contributed by atoms with Crippen LogP contribution in [0.4, 0.5) is 20.2 Å². The Labute approximate surface area is 189 Å². The van der Waals surface area contributed by atoms with E-state index < -0.39 is 16.9 Å². The molecule has 2 heterocycles. The third-order valence-electron chi connectivity index (χ3n) is 6.06. The smallest absolute Gasteiger partial charge is 0.387 e. The predicted octanol–water partition coefficient (Wildman–Crippen LogP) is 5.15.